The van der Waals surface area contributed by atoms with Crippen LogP contribution in [0.25, 0.3) is 0 Å². The van der Waals surface area contributed by atoms with Crippen LogP contribution in [0.5, 0.6) is 0 Å². The summed E-state index contributed by atoms with van der Waals surface area (Å²) in [6.07, 6.45) is 2.50. The Morgan fingerprint density at radius 2 is 2.22 bits per heavy atom. The molecule has 1 fully saturated rings. The summed E-state index contributed by atoms with van der Waals surface area (Å²) in [6, 6.07) is 10.2. The topological polar surface area (TPSA) is 51.7 Å². The summed E-state index contributed by atoms with van der Waals surface area (Å²) in [4.78, 5) is 19.4. The van der Waals surface area contributed by atoms with Gasteiger partial charge in [-0.15, -0.1) is 11.3 Å². The molecule has 1 aliphatic rings. The normalized spacial score (nSPS) is 18.7. The van der Waals surface area contributed by atoms with E-state index in [1.54, 1.807) is 13.3 Å². The molecule has 1 aromatic carbocycles. The van der Waals surface area contributed by atoms with Crippen LogP contribution < -0.4 is 0 Å². The maximum atomic E-state index is 12.6. The summed E-state index contributed by atoms with van der Waals surface area (Å²) in [5.41, 5.74) is 1.17. The number of hydrogen-bond acceptors (Lipinski definition) is 5. The predicted molar refractivity (Wildman–Crippen MR) is 88.5 cm³/mol. The molecule has 1 aliphatic heterocycles. The van der Waals surface area contributed by atoms with Gasteiger partial charge in [0.05, 0.1) is 25.5 Å². The number of rotatable bonds is 4. The largest absolute Gasteiger partial charge is 0.378 e. The molecule has 1 saturated heterocycles. The number of carbonyl (C=O) groups excluding carboxylic acids is 1. The smallest absolute Gasteiger partial charge is 0.265 e. The molecule has 0 spiro atoms. The van der Waals surface area contributed by atoms with E-state index in [0.717, 1.165) is 11.4 Å². The highest BCUT2D eigenvalue weighted by Crippen LogP contribution is 2.25. The van der Waals surface area contributed by atoms with Crippen molar-refractivity contribution in [2.24, 2.45) is 0 Å². The molecule has 2 aromatic rings. The van der Waals surface area contributed by atoms with E-state index < -0.39 is 0 Å². The van der Waals surface area contributed by atoms with E-state index >= 15 is 0 Å². The second-order valence-electron chi connectivity index (χ2n) is 5.40. The minimum Gasteiger partial charge on any atom is -0.378 e. The molecule has 23 heavy (non-hydrogen) atoms. The predicted octanol–water partition coefficient (Wildman–Crippen LogP) is 2.89. The summed E-state index contributed by atoms with van der Waals surface area (Å²) in [6.45, 7) is 2.29. The van der Waals surface area contributed by atoms with Crippen LogP contribution in [0, 0.1) is 0 Å². The highest BCUT2D eigenvalue weighted by atomic mass is 32.1. The maximum Gasteiger partial charge on any atom is 0.265 e. The molecule has 1 aromatic heterocycles. The van der Waals surface area contributed by atoms with E-state index in [-0.39, 0.29) is 12.0 Å². The Bertz CT molecular complexity index is 644. The first kappa shape index (κ1) is 16.1. The fourth-order valence-corrected chi connectivity index (χ4v) is 3.52. The number of ether oxygens (including phenoxy) is 2. The van der Waals surface area contributed by atoms with Crippen LogP contribution in [0.15, 0.2) is 36.5 Å². The molecule has 0 bridgehead atoms. The van der Waals surface area contributed by atoms with Gasteiger partial charge in [0.25, 0.3) is 5.91 Å². The minimum absolute atomic E-state index is 0.0298. The van der Waals surface area contributed by atoms with Crippen molar-refractivity contribution in [2.45, 2.75) is 19.1 Å². The summed E-state index contributed by atoms with van der Waals surface area (Å²) < 4.78 is 11.0. The van der Waals surface area contributed by atoms with Gasteiger partial charge in [-0.2, -0.15) is 0 Å². The molecule has 3 rings (SSSR count). The van der Waals surface area contributed by atoms with Crippen molar-refractivity contribution in [1.82, 2.24) is 9.88 Å². The van der Waals surface area contributed by atoms with Crippen molar-refractivity contribution in [1.29, 1.82) is 0 Å². The fraction of sp³-hybridized carbons (Fsp3) is 0.412. The maximum absolute atomic E-state index is 12.6. The average molecular weight is 332 g/mol. The molecule has 1 unspecified atom stereocenters. The van der Waals surface area contributed by atoms with Crippen molar-refractivity contribution >= 4 is 17.2 Å². The van der Waals surface area contributed by atoms with Crippen LogP contribution in [0.3, 0.4) is 0 Å². The summed E-state index contributed by atoms with van der Waals surface area (Å²) >= 11 is 1.40. The second-order valence-corrected chi connectivity index (χ2v) is 6.52. The van der Waals surface area contributed by atoms with E-state index in [1.807, 2.05) is 23.1 Å². The summed E-state index contributed by atoms with van der Waals surface area (Å²) in [5.74, 6) is 0.0298. The number of methoxy groups -OCH3 is 1. The molecule has 1 atom stereocenters. The van der Waals surface area contributed by atoms with Gasteiger partial charge < -0.3 is 14.4 Å². The monoisotopic (exact) mass is 332 g/mol. The number of aromatic nitrogens is 1. The van der Waals surface area contributed by atoms with Crippen molar-refractivity contribution in [3.8, 4) is 0 Å². The Hall–Kier alpha value is -1.76. The zero-order valence-corrected chi connectivity index (χ0v) is 13.9. The van der Waals surface area contributed by atoms with Crippen LogP contribution in [0.1, 0.15) is 32.8 Å². The molecular formula is C17H20N2O3S. The third kappa shape index (κ3) is 3.96. The van der Waals surface area contributed by atoms with Gasteiger partial charge in [-0.3, -0.25) is 4.79 Å². The highest BCUT2D eigenvalue weighted by Gasteiger charge is 2.24. The third-order valence-electron chi connectivity index (χ3n) is 3.83. The SMILES string of the molecule is COCc1ncc(C(=O)N2CCOC(c3ccccc3)CC2)s1. The van der Waals surface area contributed by atoms with Crippen LogP contribution in [-0.4, -0.2) is 42.6 Å². The first-order valence-corrected chi connectivity index (χ1v) is 8.49. The molecule has 2 heterocycles. The van der Waals surface area contributed by atoms with Gasteiger partial charge in [-0.25, -0.2) is 4.98 Å². The van der Waals surface area contributed by atoms with Crippen molar-refractivity contribution in [3.05, 3.63) is 52.0 Å². The Morgan fingerprint density at radius 1 is 1.39 bits per heavy atom. The molecule has 0 radical (unpaired) electrons. The van der Waals surface area contributed by atoms with Crippen molar-refractivity contribution in [3.63, 3.8) is 0 Å². The Labute approximate surface area is 139 Å². The van der Waals surface area contributed by atoms with Crippen molar-refractivity contribution < 1.29 is 14.3 Å². The number of hydrogen-bond donors (Lipinski definition) is 0. The summed E-state index contributed by atoms with van der Waals surface area (Å²) in [5, 5.41) is 0.823. The standard InChI is InChI=1S/C17H20N2O3S/c1-21-12-16-18-11-15(23-16)17(20)19-8-7-14(22-10-9-19)13-5-3-2-4-6-13/h2-6,11,14H,7-10,12H2,1H3. The average Bonchev–Trinajstić information content (AvgIpc) is 2.91. The molecule has 5 nitrogen and oxygen atoms in total. The number of nitrogens with zero attached hydrogens (tertiary/aromatic N) is 2. The lowest BCUT2D eigenvalue weighted by molar-refractivity contribution is 0.0586. The van der Waals surface area contributed by atoms with Crippen molar-refractivity contribution in [2.75, 3.05) is 26.8 Å². The molecule has 0 saturated carbocycles. The molecule has 6 heteroatoms. The number of benzene rings is 1. The fourth-order valence-electron chi connectivity index (χ4n) is 2.66. The lowest BCUT2D eigenvalue weighted by atomic mass is 10.1. The quantitative estimate of drug-likeness (QED) is 0.864. The van der Waals surface area contributed by atoms with Crippen LogP contribution >= 0.6 is 11.3 Å². The Balaban J connectivity index is 1.64. The Morgan fingerprint density at radius 3 is 3.00 bits per heavy atom. The van der Waals surface area contributed by atoms with Gasteiger partial charge in [0.1, 0.15) is 9.88 Å². The number of carbonyl (C=O) groups is 1. The minimum atomic E-state index is 0.0298. The van der Waals surface area contributed by atoms with E-state index in [4.69, 9.17) is 9.47 Å². The van der Waals surface area contributed by atoms with Crippen LogP contribution in [-0.2, 0) is 16.1 Å². The van der Waals surface area contributed by atoms with E-state index in [2.05, 4.69) is 17.1 Å². The molecule has 122 valence electrons. The van der Waals surface area contributed by atoms with Gasteiger partial charge >= 0.3 is 0 Å². The molecule has 1 amide bonds. The lowest BCUT2D eigenvalue weighted by Gasteiger charge is -2.18. The van der Waals surface area contributed by atoms with Gasteiger partial charge in [0, 0.05) is 20.2 Å². The molecule has 0 aliphatic carbocycles. The van der Waals surface area contributed by atoms with E-state index in [1.165, 1.54) is 16.9 Å². The Kier molecular flexibility index (Phi) is 5.38. The number of amides is 1. The highest BCUT2D eigenvalue weighted by molar-refractivity contribution is 7.13. The van der Waals surface area contributed by atoms with E-state index in [0.29, 0.717) is 31.2 Å². The van der Waals surface area contributed by atoms with Gasteiger partial charge in [-0.05, 0) is 12.0 Å². The first-order valence-electron chi connectivity index (χ1n) is 7.67. The summed E-state index contributed by atoms with van der Waals surface area (Å²) in [7, 11) is 1.62. The van der Waals surface area contributed by atoms with Gasteiger partial charge in [0.15, 0.2) is 0 Å². The lowest BCUT2D eigenvalue weighted by Crippen LogP contribution is -2.32. The first-order chi connectivity index (χ1) is 11.3. The zero-order chi connectivity index (χ0) is 16.1. The zero-order valence-electron chi connectivity index (χ0n) is 13.1. The van der Waals surface area contributed by atoms with Gasteiger partial charge in [0.2, 0.25) is 0 Å². The molecular weight excluding hydrogens is 312 g/mol. The number of thiazole rings is 1. The van der Waals surface area contributed by atoms with Crippen LogP contribution in [0.4, 0.5) is 0 Å². The van der Waals surface area contributed by atoms with Crippen LogP contribution in [0.2, 0.25) is 0 Å². The van der Waals surface area contributed by atoms with Gasteiger partial charge in [-0.1, -0.05) is 30.3 Å². The van der Waals surface area contributed by atoms with E-state index in [9.17, 15) is 4.79 Å². The second kappa shape index (κ2) is 7.68. The molecule has 0 N–H and O–H groups in total. The third-order valence-corrected chi connectivity index (χ3v) is 4.79.